The molecule has 0 fully saturated rings. The average molecular weight is 241 g/mol. The summed E-state index contributed by atoms with van der Waals surface area (Å²) in [6.07, 6.45) is 8.74. The molecular formula is C17H23N. The molecule has 0 saturated carbocycles. The molecule has 0 atom stereocenters. The molecule has 1 aromatic heterocycles. The highest BCUT2D eigenvalue weighted by molar-refractivity contribution is 5.17. The zero-order valence-corrected chi connectivity index (χ0v) is 11.3. The lowest BCUT2D eigenvalue weighted by Gasteiger charge is -2.09. The van der Waals surface area contributed by atoms with E-state index in [1.807, 2.05) is 0 Å². The van der Waals surface area contributed by atoms with E-state index in [4.69, 9.17) is 0 Å². The number of hydrogen-bond donors (Lipinski definition) is 0. The van der Waals surface area contributed by atoms with E-state index in [1.54, 1.807) is 0 Å². The van der Waals surface area contributed by atoms with Gasteiger partial charge in [-0.25, -0.2) is 0 Å². The Labute approximate surface area is 110 Å². The summed E-state index contributed by atoms with van der Waals surface area (Å²) in [6, 6.07) is 15.1. The van der Waals surface area contributed by atoms with E-state index < -0.39 is 0 Å². The lowest BCUT2D eigenvalue weighted by atomic mass is 10.1. The van der Waals surface area contributed by atoms with Gasteiger partial charge in [-0.3, -0.25) is 0 Å². The van der Waals surface area contributed by atoms with Crippen molar-refractivity contribution in [2.45, 2.75) is 45.6 Å². The van der Waals surface area contributed by atoms with Crippen LogP contribution in [0.5, 0.6) is 0 Å². The Morgan fingerprint density at radius 1 is 0.889 bits per heavy atom. The van der Waals surface area contributed by atoms with Crippen LogP contribution in [0.4, 0.5) is 0 Å². The normalized spacial score (nSPS) is 10.7. The number of rotatable bonds is 7. The summed E-state index contributed by atoms with van der Waals surface area (Å²) >= 11 is 0. The molecule has 0 N–H and O–H groups in total. The maximum Gasteiger partial charge on any atom is 0.0472 e. The van der Waals surface area contributed by atoms with Crippen molar-refractivity contribution in [3.05, 3.63) is 59.9 Å². The van der Waals surface area contributed by atoms with Gasteiger partial charge in [-0.05, 0) is 30.5 Å². The summed E-state index contributed by atoms with van der Waals surface area (Å²) in [6.45, 7) is 3.26. The van der Waals surface area contributed by atoms with Gasteiger partial charge in [0.25, 0.3) is 0 Å². The third-order valence-electron chi connectivity index (χ3n) is 3.41. The van der Waals surface area contributed by atoms with Gasteiger partial charge < -0.3 is 4.57 Å². The van der Waals surface area contributed by atoms with Crippen molar-refractivity contribution in [3.8, 4) is 0 Å². The lowest BCUT2D eigenvalue weighted by Crippen LogP contribution is -2.03. The molecule has 0 aliphatic heterocycles. The Kier molecular flexibility index (Phi) is 5.07. The molecule has 0 aliphatic rings. The van der Waals surface area contributed by atoms with Crippen molar-refractivity contribution < 1.29 is 0 Å². The molecule has 0 aliphatic carbocycles. The highest BCUT2D eigenvalue weighted by atomic mass is 15.0. The molecule has 96 valence electrons. The summed E-state index contributed by atoms with van der Waals surface area (Å²) in [4.78, 5) is 0. The predicted octanol–water partition coefficient (Wildman–Crippen LogP) is 4.66. The first-order valence-electron chi connectivity index (χ1n) is 7.08. The van der Waals surface area contributed by atoms with Gasteiger partial charge in [-0.2, -0.15) is 0 Å². The van der Waals surface area contributed by atoms with E-state index >= 15 is 0 Å². The van der Waals surface area contributed by atoms with Crippen molar-refractivity contribution in [2.75, 3.05) is 0 Å². The van der Waals surface area contributed by atoms with Crippen molar-refractivity contribution in [1.29, 1.82) is 0 Å². The molecule has 2 aromatic rings. The van der Waals surface area contributed by atoms with Crippen LogP contribution in [0, 0.1) is 0 Å². The molecule has 1 nitrogen and oxygen atoms in total. The van der Waals surface area contributed by atoms with Gasteiger partial charge in [0.05, 0.1) is 0 Å². The maximum atomic E-state index is 2.38. The van der Waals surface area contributed by atoms with Crippen LogP contribution in [0.15, 0.2) is 48.7 Å². The maximum absolute atomic E-state index is 2.38. The van der Waals surface area contributed by atoms with E-state index in [-0.39, 0.29) is 0 Å². The zero-order valence-electron chi connectivity index (χ0n) is 11.3. The van der Waals surface area contributed by atoms with Crippen LogP contribution in [-0.2, 0) is 13.0 Å². The summed E-state index contributed by atoms with van der Waals surface area (Å²) in [7, 11) is 0. The van der Waals surface area contributed by atoms with E-state index in [1.165, 1.54) is 43.4 Å². The average Bonchev–Trinajstić information content (AvgIpc) is 2.83. The van der Waals surface area contributed by atoms with Crippen LogP contribution in [0.25, 0.3) is 0 Å². The van der Waals surface area contributed by atoms with Crippen molar-refractivity contribution in [3.63, 3.8) is 0 Å². The van der Waals surface area contributed by atoms with Gasteiger partial charge >= 0.3 is 0 Å². The van der Waals surface area contributed by atoms with Crippen molar-refractivity contribution >= 4 is 0 Å². The summed E-state index contributed by atoms with van der Waals surface area (Å²) < 4.78 is 2.38. The lowest BCUT2D eigenvalue weighted by molar-refractivity contribution is 0.638. The highest BCUT2D eigenvalue weighted by Gasteiger charge is 2.01. The fourth-order valence-electron chi connectivity index (χ4n) is 2.34. The van der Waals surface area contributed by atoms with Gasteiger partial charge in [-0.15, -0.1) is 0 Å². The van der Waals surface area contributed by atoms with Crippen LogP contribution in [0.1, 0.15) is 43.9 Å². The van der Waals surface area contributed by atoms with Crippen LogP contribution in [0.3, 0.4) is 0 Å². The summed E-state index contributed by atoms with van der Waals surface area (Å²) in [5, 5.41) is 0. The van der Waals surface area contributed by atoms with Gasteiger partial charge in [0.1, 0.15) is 0 Å². The molecule has 0 amide bonds. The molecular weight excluding hydrogens is 218 g/mol. The van der Waals surface area contributed by atoms with Crippen molar-refractivity contribution in [2.24, 2.45) is 0 Å². The first kappa shape index (κ1) is 12.9. The second-order valence-electron chi connectivity index (χ2n) is 4.92. The number of aryl methyl sites for hydroxylation is 1. The van der Waals surface area contributed by atoms with Crippen molar-refractivity contribution in [1.82, 2.24) is 4.57 Å². The molecule has 0 radical (unpaired) electrons. The fourth-order valence-corrected chi connectivity index (χ4v) is 2.34. The van der Waals surface area contributed by atoms with E-state index in [0.717, 1.165) is 6.54 Å². The Balaban J connectivity index is 1.91. The minimum absolute atomic E-state index is 0.997. The van der Waals surface area contributed by atoms with Gasteiger partial charge in [-0.1, -0.05) is 56.5 Å². The van der Waals surface area contributed by atoms with E-state index in [9.17, 15) is 0 Å². The number of hydrogen-bond acceptors (Lipinski definition) is 0. The minimum Gasteiger partial charge on any atom is -0.347 e. The largest absolute Gasteiger partial charge is 0.347 e. The van der Waals surface area contributed by atoms with Crippen LogP contribution < -0.4 is 0 Å². The number of unbranched alkanes of at least 4 members (excludes halogenated alkanes) is 3. The molecule has 0 unspecified atom stereocenters. The second-order valence-corrected chi connectivity index (χ2v) is 4.92. The third kappa shape index (κ3) is 3.76. The van der Waals surface area contributed by atoms with Gasteiger partial charge in [0, 0.05) is 18.4 Å². The fraction of sp³-hybridized carbons (Fsp3) is 0.412. The first-order chi connectivity index (χ1) is 8.90. The standard InChI is InChI=1S/C17H23N/c1-2-3-4-8-12-17-13-9-14-18(17)15-16-10-6-5-7-11-16/h5-7,9-11,13-14H,2-4,8,12,15H2,1H3. The highest BCUT2D eigenvalue weighted by Crippen LogP contribution is 2.11. The molecule has 2 rings (SSSR count). The minimum atomic E-state index is 0.997. The molecule has 1 heteroatoms. The predicted molar refractivity (Wildman–Crippen MR) is 77.8 cm³/mol. The van der Waals surface area contributed by atoms with Crippen LogP contribution >= 0.6 is 0 Å². The summed E-state index contributed by atoms with van der Waals surface area (Å²) in [5.74, 6) is 0. The second kappa shape index (κ2) is 7.05. The van der Waals surface area contributed by atoms with Gasteiger partial charge in [0.2, 0.25) is 0 Å². The Bertz CT molecular complexity index is 442. The molecule has 1 heterocycles. The smallest absolute Gasteiger partial charge is 0.0472 e. The number of nitrogens with zero attached hydrogens (tertiary/aromatic N) is 1. The molecule has 18 heavy (non-hydrogen) atoms. The van der Waals surface area contributed by atoms with Crippen LogP contribution in [0.2, 0.25) is 0 Å². The SMILES string of the molecule is CCCCCCc1cccn1Cc1ccccc1. The Hall–Kier alpha value is -1.50. The molecule has 0 saturated heterocycles. The first-order valence-corrected chi connectivity index (χ1v) is 7.08. The monoisotopic (exact) mass is 241 g/mol. The summed E-state index contributed by atoms with van der Waals surface area (Å²) in [5.41, 5.74) is 2.85. The molecule has 0 bridgehead atoms. The van der Waals surface area contributed by atoms with E-state index in [2.05, 4.69) is 60.2 Å². The molecule has 0 spiro atoms. The van der Waals surface area contributed by atoms with Gasteiger partial charge in [0.15, 0.2) is 0 Å². The van der Waals surface area contributed by atoms with E-state index in [0.29, 0.717) is 0 Å². The quantitative estimate of drug-likeness (QED) is 0.621. The number of aromatic nitrogens is 1. The topological polar surface area (TPSA) is 4.93 Å². The third-order valence-corrected chi connectivity index (χ3v) is 3.41. The molecule has 1 aromatic carbocycles. The Morgan fingerprint density at radius 3 is 2.50 bits per heavy atom. The van der Waals surface area contributed by atoms with Crippen LogP contribution in [-0.4, -0.2) is 4.57 Å². The zero-order chi connectivity index (χ0) is 12.6. The Morgan fingerprint density at radius 2 is 1.72 bits per heavy atom. The number of benzene rings is 1.